The number of benzene rings is 1. The summed E-state index contributed by atoms with van der Waals surface area (Å²) in [4.78, 5) is 11.9. The molecule has 1 saturated carbocycles. The van der Waals surface area contributed by atoms with Crippen LogP contribution >= 0.6 is 0 Å². The Labute approximate surface area is 103 Å². The van der Waals surface area contributed by atoms with Crippen LogP contribution in [0.1, 0.15) is 43.0 Å². The van der Waals surface area contributed by atoms with E-state index in [1.807, 2.05) is 0 Å². The summed E-state index contributed by atoms with van der Waals surface area (Å²) in [5, 5.41) is 3.12. The highest BCUT2D eigenvalue weighted by atomic mass is 16.2. The first kappa shape index (κ1) is 12.2. The van der Waals surface area contributed by atoms with Crippen LogP contribution in [0.3, 0.4) is 0 Å². The Morgan fingerprint density at radius 3 is 2.65 bits per heavy atom. The zero-order valence-corrected chi connectivity index (χ0v) is 11.1. The van der Waals surface area contributed by atoms with E-state index in [1.54, 1.807) is 0 Å². The third-order valence-electron chi connectivity index (χ3n) is 3.71. The molecular weight excluding hydrogens is 210 g/mol. The van der Waals surface area contributed by atoms with Gasteiger partial charge in [0.25, 0.3) is 0 Å². The molecule has 92 valence electrons. The molecule has 1 amide bonds. The van der Waals surface area contributed by atoms with E-state index in [0.29, 0.717) is 5.92 Å². The van der Waals surface area contributed by atoms with Crippen LogP contribution in [-0.4, -0.2) is 5.91 Å². The van der Waals surface area contributed by atoms with E-state index in [4.69, 9.17) is 0 Å². The molecule has 1 aliphatic rings. The van der Waals surface area contributed by atoms with Crippen molar-refractivity contribution < 1.29 is 4.79 Å². The van der Waals surface area contributed by atoms with Crippen molar-refractivity contribution in [3.8, 4) is 0 Å². The van der Waals surface area contributed by atoms with Crippen LogP contribution in [-0.2, 0) is 4.79 Å². The van der Waals surface area contributed by atoms with Crippen LogP contribution in [0.5, 0.6) is 0 Å². The van der Waals surface area contributed by atoms with Crippen molar-refractivity contribution in [3.63, 3.8) is 0 Å². The minimum Gasteiger partial charge on any atom is -0.349 e. The summed E-state index contributed by atoms with van der Waals surface area (Å²) >= 11 is 0. The van der Waals surface area contributed by atoms with Crippen molar-refractivity contribution >= 4 is 5.91 Å². The quantitative estimate of drug-likeness (QED) is 0.850. The Kier molecular flexibility index (Phi) is 3.23. The van der Waals surface area contributed by atoms with Gasteiger partial charge in [0.2, 0.25) is 5.91 Å². The maximum absolute atomic E-state index is 11.9. The van der Waals surface area contributed by atoms with Gasteiger partial charge in [0.05, 0.1) is 6.04 Å². The first-order valence-electron chi connectivity index (χ1n) is 6.36. The Hall–Kier alpha value is -1.31. The van der Waals surface area contributed by atoms with Gasteiger partial charge in [0.1, 0.15) is 0 Å². The van der Waals surface area contributed by atoms with Gasteiger partial charge in [0, 0.05) is 5.92 Å². The summed E-state index contributed by atoms with van der Waals surface area (Å²) in [6.45, 7) is 8.37. The lowest BCUT2D eigenvalue weighted by atomic mass is 10.00. The van der Waals surface area contributed by atoms with E-state index in [2.05, 4.69) is 51.2 Å². The molecule has 0 bridgehead atoms. The van der Waals surface area contributed by atoms with E-state index in [-0.39, 0.29) is 17.9 Å². The molecule has 2 rings (SSSR count). The standard InChI is InChI=1S/C15H21NO/c1-9-5-6-10(2)13(7-9)12(4)16-15(17)14-8-11(14)3/h5-7,11-12,14H,8H2,1-4H3,(H,16,17)/t11-,12-,14-/m0/s1. The first-order chi connectivity index (χ1) is 7.99. The van der Waals surface area contributed by atoms with Gasteiger partial charge in [-0.3, -0.25) is 4.79 Å². The highest BCUT2D eigenvalue weighted by molar-refractivity contribution is 5.81. The third kappa shape index (κ3) is 2.68. The van der Waals surface area contributed by atoms with Gasteiger partial charge < -0.3 is 5.32 Å². The molecule has 1 aromatic carbocycles. The molecular formula is C15H21NO. The highest BCUT2D eigenvalue weighted by Gasteiger charge is 2.39. The smallest absolute Gasteiger partial charge is 0.223 e. The van der Waals surface area contributed by atoms with Gasteiger partial charge in [-0.2, -0.15) is 0 Å². The van der Waals surface area contributed by atoms with Crippen molar-refractivity contribution in [2.24, 2.45) is 11.8 Å². The van der Waals surface area contributed by atoms with Crippen LogP contribution in [0, 0.1) is 25.7 Å². The molecule has 0 aromatic heterocycles. The summed E-state index contributed by atoms with van der Waals surface area (Å²) in [6.07, 6.45) is 1.05. The number of rotatable bonds is 3. The van der Waals surface area contributed by atoms with E-state index < -0.39 is 0 Å². The van der Waals surface area contributed by atoms with E-state index >= 15 is 0 Å². The lowest BCUT2D eigenvalue weighted by molar-refractivity contribution is -0.123. The maximum atomic E-state index is 11.9. The number of hydrogen-bond donors (Lipinski definition) is 1. The van der Waals surface area contributed by atoms with Crippen molar-refractivity contribution in [1.82, 2.24) is 5.32 Å². The lowest BCUT2D eigenvalue weighted by Gasteiger charge is -2.17. The second-order valence-corrected chi connectivity index (χ2v) is 5.41. The van der Waals surface area contributed by atoms with Crippen molar-refractivity contribution in [2.75, 3.05) is 0 Å². The minimum absolute atomic E-state index is 0.107. The highest BCUT2D eigenvalue weighted by Crippen LogP contribution is 2.38. The molecule has 0 radical (unpaired) electrons. The van der Waals surface area contributed by atoms with Gasteiger partial charge in [-0.05, 0) is 44.2 Å². The number of aryl methyl sites for hydroxylation is 2. The fourth-order valence-corrected chi connectivity index (χ4v) is 2.31. The molecule has 0 aliphatic heterocycles. The number of hydrogen-bond acceptors (Lipinski definition) is 1. The average Bonchev–Trinajstić information content (AvgIpc) is 2.99. The van der Waals surface area contributed by atoms with Crippen molar-refractivity contribution in [1.29, 1.82) is 0 Å². The number of nitrogens with one attached hydrogen (secondary N) is 1. The minimum atomic E-state index is 0.107. The normalized spacial score (nSPS) is 24.2. The molecule has 1 N–H and O–H groups in total. The van der Waals surface area contributed by atoms with Crippen LogP contribution < -0.4 is 5.32 Å². The number of carbonyl (C=O) groups is 1. The van der Waals surface area contributed by atoms with Crippen LogP contribution in [0.4, 0.5) is 0 Å². The van der Waals surface area contributed by atoms with Crippen molar-refractivity contribution in [2.45, 2.75) is 40.2 Å². The van der Waals surface area contributed by atoms with Crippen LogP contribution in [0.2, 0.25) is 0 Å². The Bertz CT molecular complexity index is 439. The molecule has 1 fully saturated rings. The first-order valence-corrected chi connectivity index (χ1v) is 6.36. The fraction of sp³-hybridized carbons (Fsp3) is 0.533. The molecule has 0 heterocycles. The summed E-state index contributed by atoms with van der Waals surface area (Å²) in [5.74, 6) is 1.04. The Morgan fingerprint density at radius 1 is 1.41 bits per heavy atom. The Morgan fingerprint density at radius 2 is 2.06 bits per heavy atom. The SMILES string of the molecule is Cc1ccc(C)c([C@H](C)NC(=O)[C@H]2C[C@@H]2C)c1. The summed E-state index contributed by atoms with van der Waals surface area (Å²) in [7, 11) is 0. The number of carbonyl (C=O) groups excluding carboxylic acids is 1. The summed E-state index contributed by atoms with van der Waals surface area (Å²) in [5.41, 5.74) is 3.71. The molecule has 0 saturated heterocycles. The monoisotopic (exact) mass is 231 g/mol. The molecule has 2 heteroatoms. The van der Waals surface area contributed by atoms with Gasteiger partial charge >= 0.3 is 0 Å². The second-order valence-electron chi connectivity index (χ2n) is 5.41. The van der Waals surface area contributed by atoms with Gasteiger partial charge in [0.15, 0.2) is 0 Å². The maximum Gasteiger partial charge on any atom is 0.223 e. The van der Waals surface area contributed by atoms with E-state index in [1.165, 1.54) is 16.7 Å². The largest absolute Gasteiger partial charge is 0.349 e. The fourth-order valence-electron chi connectivity index (χ4n) is 2.31. The predicted octanol–water partition coefficient (Wildman–Crippen LogP) is 3.14. The van der Waals surface area contributed by atoms with E-state index in [9.17, 15) is 4.79 Å². The van der Waals surface area contributed by atoms with Crippen LogP contribution in [0.15, 0.2) is 18.2 Å². The zero-order valence-electron chi connectivity index (χ0n) is 11.1. The molecule has 17 heavy (non-hydrogen) atoms. The topological polar surface area (TPSA) is 29.1 Å². The molecule has 3 atom stereocenters. The summed E-state index contributed by atoms with van der Waals surface area (Å²) < 4.78 is 0. The molecule has 0 unspecified atom stereocenters. The molecule has 1 aromatic rings. The molecule has 2 nitrogen and oxygen atoms in total. The Balaban J connectivity index is 2.06. The summed E-state index contributed by atoms with van der Waals surface area (Å²) in [6, 6.07) is 6.50. The van der Waals surface area contributed by atoms with E-state index in [0.717, 1.165) is 6.42 Å². The average molecular weight is 231 g/mol. The van der Waals surface area contributed by atoms with Gasteiger partial charge in [-0.1, -0.05) is 30.7 Å². The van der Waals surface area contributed by atoms with Gasteiger partial charge in [-0.15, -0.1) is 0 Å². The van der Waals surface area contributed by atoms with Crippen LogP contribution in [0.25, 0.3) is 0 Å². The lowest BCUT2D eigenvalue weighted by Crippen LogP contribution is -2.28. The zero-order chi connectivity index (χ0) is 12.6. The third-order valence-corrected chi connectivity index (χ3v) is 3.71. The predicted molar refractivity (Wildman–Crippen MR) is 69.7 cm³/mol. The number of amides is 1. The van der Waals surface area contributed by atoms with Crippen molar-refractivity contribution in [3.05, 3.63) is 34.9 Å². The second kappa shape index (κ2) is 4.52. The van der Waals surface area contributed by atoms with Gasteiger partial charge in [-0.25, -0.2) is 0 Å². The molecule has 0 spiro atoms. The molecule has 1 aliphatic carbocycles.